The third kappa shape index (κ3) is 3.04. The fourth-order valence-corrected chi connectivity index (χ4v) is 1.43. The van der Waals surface area contributed by atoms with Crippen LogP contribution in [0, 0.1) is 5.92 Å². The van der Waals surface area contributed by atoms with Gasteiger partial charge in [0, 0.05) is 11.7 Å². The van der Waals surface area contributed by atoms with Gasteiger partial charge in [-0.1, -0.05) is 32.0 Å². The van der Waals surface area contributed by atoms with Gasteiger partial charge < -0.3 is 11.1 Å². The first-order valence-corrected chi connectivity index (χ1v) is 5.19. The van der Waals surface area contributed by atoms with E-state index in [9.17, 15) is 0 Å². The van der Waals surface area contributed by atoms with E-state index in [2.05, 4.69) is 32.2 Å². The number of nitrogens with one attached hydrogen (secondary N) is 1. The largest absolute Gasteiger partial charge is 0.398 e. The zero-order valence-electron chi connectivity index (χ0n) is 9.25. The Kier molecular flexibility index (Phi) is 3.96. The van der Waals surface area contributed by atoms with E-state index in [-0.39, 0.29) is 0 Å². The predicted molar refractivity (Wildman–Crippen MR) is 62.1 cm³/mol. The fourth-order valence-electron chi connectivity index (χ4n) is 1.43. The molecule has 1 aromatic carbocycles. The summed E-state index contributed by atoms with van der Waals surface area (Å²) < 4.78 is 0. The van der Waals surface area contributed by atoms with Crippen LogP contribution >= 0.6 is 0 Å². The van der Waals surface area contributed by atoms with Crippen LogP contribution in [0.5, 0.6) is 0 Å². The number of para-hydroxylation sites is 1. The Morgan fingerprint density at radius 2 is 1.86 bits per heavy atom. The zero-order chi connectivity index (χ0) is 10.6. The summed E-state index contributed by atoms with van der Waals surface area (Å²) in [5, 5.41) is 3.46. The third-order valence-electron chi connectivity index (χ3n) is 2.29. The molecule has 2 heteroatoms. The molecule has 0 aliphatic rings. The van der Waals surface area contributed by atoms with Crippen LogP contribution in [0.2, 0.25) is 0 Å². The van der Waals surface area contributed by atoms with E-state index in [4.69, 9.17) is 5.73 Å². The summed E-state index contributed by atoms with van der Waals surface area (Å²) >= 11 is 0. The second-order valence-corrected chi connectivity index (χ2v) is 4.15. The molecule has 1 aromatic rings. The van der Waals surface area contributed by atoms with Crippen molar-refractivity contribution in [1.82, 2.24) is 5.32 Å². The molecule has 1 rings (SSSR count). The number of nitrogen functional groups attached to an aromatic ring is 1. The molecule has 0 spiro atoms. The van der Waals surface area contributed by atoms with Crippen LogP contribution in [0.4, 0.5) is 5.69 Å². The molecule has 0 amide bonds. The molecule has 0 aromatic heterocycles. The van der Waals surface area contributed by atoms with Gasteiger partial charge in [0.05, 0.1) is 0 Å². The first kappa shape index (κ1) is 11.1. The van der Waals surface area contributed by atoms with Crippen molar-refractivity contribution in [2.24, 2.45) is 5.92 Å². The summed E-state index contributed by atoms with van der Waals surface area (Å²) in [6, 6.07) is 8.35. The highest BCUT2D eigenvalue weighted by atomic mass is 14.9. The summed E-state index contributed by atoms with van der Waals surface area (Å²) in [5.74, 6) is 0.669. The molecule has 0 heterocycles. The molecule has 0 saturated heterocycles. The van der Waals surface area contributed by atoms with Crippen molar-refractivity contribution in [3.8, 4) is 0 Å². The van der Waals surface area contributed by atoms with E-state index >= 15 is 0 Å². The molecule has 0 saturated carbocycles. The van der Waals surface area contributed by atoms with Crippen LogP contribution in [-0.2, 0) is 0 Å². The van der Waals surface area contributed by atoms with Gasteiger partial charge in [-0.15, -0.1) is 0 Å². The molecule has 1 atom stereocenters. The topological polar surface area (TPSA) is 38.0 Å². The molecular weight excluding hydrogens is 172 g/mol. The van der Waals surface area contributed by atoms with Crippen molar-refractivity contribution in [3.63, 3.8) is 0 Å². The molecule has 0 aliphatic carbocycles. The van der Waals surface area contributed by atoms with Crippen LogP contribution in [-0.4, -0.2) is 6.54 Å². The molecule has 3 N–H and O–H groups in total. The Morgan fingerprint density at radius 1 is 1.21 bits per heavy atom. The molecule has 0 fully saturated rings. The predicted octanol–water partition coefficient (Wildman–Crippen LogP) is 2.58. The lowest BCUT2D eigenvalue weighted by Gasteiger charge is -2.17. The fraction of sp³-hybridized carbons (Fsp3) is 0.500. The number of anilines is 1. The highest BCUT2D eigenvalue weighted by Crippen LogP contribution is 2.19. The molecule has 14 heavy (non-hydrogen) atoms. The quantitative estimate of drug-likeness (QED) is 0.720. The van der Waals surface area contributed by atoms with Gasteiger partial charge in [0.2, 0.25) is 0 Å². The number of benzene rings is 1. The number of hydrogen-bond donors (Lipinski definition) is 2. The van der Waals surface area contributed by atoms with Gasteiger partial charge in [-0.3, -0.25) is 0 Å². The third-order valence-corrected chi connectivity index (χ3v) is 2.29. The molecule has 0 unspecified atom stereocenters. The van der Waals surface area contributed by atoms with Crippen LogP contribution in [0.25, 0.3) is 0 Å². The van der Waals surface area contributed by atoms with E-state index in [0.717, 1.165) is 12.2 Å². The van der Waals surface area contributed by atoms with Gasteiger partial charge in [-0.2, -0.15) is 0 Å². The molecule has 0 bridgehead atoms. The zero-order valence-corrected chi connectivity index (χ0v) is 9.25. The Bertz CT molecular complexity index is 281. The van der Waals surface area contributed by atoms with Gasteiger partial charge >= 0.3 is 0 Å². The number of rotatable bonds is 4. The lowest BCUT2D eigenvalue weighted by atomic mass is 10.1. The van der Waals surface area contributed by atoms with Gasteiger partial charge in [-0.05, 0) is 31.0 Å². The molecular formula is C12H20N2. The number of hydrogen-bond acceptors (Lipinski definition) is 2. The Labute approximate surface area is 86.5 Å². The standard InChI is InChI=1S/C12H20N2/c1-9(2)8-14-10(3)11-6-4-5-7-12(11)13/h4-7,9-10,14H,8,13H2,1-3H3/t10-/m1/s1. The van der Waals surface area contributed by atoms with E-state index in [1.54, 1.807) is 0 Å². The second kappa shape index (κ2) is 5.01. The lowest BCUT2D eigenvalue weighted by Crippen LogP contribution is -2.23. The van der Waals surface area contributed by atoms with Crippen LogP contribution < -0.4 is 11.1 Å². The summed E-state index contributed by atoms with van der Waals surface area (Å²) in [5.41, 5.74) is 7.95. The molecule has 2 nitrogen and oxygen atoms in total. The van der Waals surface area contributed by atoms with Gasteiger partial charge in [0.1, 0.15) is 0 Å². The van der Waals surface area contributed by atoms with Crippen molar-refractivity contribution in [2.45, 2.75) is 26.8 Å². The molecule has 0 aliphatic heterocycles. The maximum absolute atomic E-state index is 5.89. The average Bonchev–Trinajstić information content (AvgIpc) is 2.15. The Morgan fingerprint density at radius 3 is 2.43 bits per heavy atom. The highest BCUT2D eigenvalue weighted by molar-refractivity contribution is 5.47. The maximum Gasteiger partial charge on any atom is 0.0362 e. The lowest BCUT2D eigenvalue weighted by molar-refractivity contribution is 0.497. The second-order valence-electron chi connectivity index (χ2n) is 4.15. The van der Waals surface area contributed by atoms with Crippen molar-refractivity contribution >= 4 is 5.69 Å². The minimum absolute atomic E-state index is 0.332. The van der Waals surface area contributed by atoms with Crippen molar-refractivity contribution < 1.29 is 0 Å². The monoisotopic (exact) mass is 192 g/mol. The van der Waals surface area contributed by atoms with E-state index in [1.165, 1.54) is 5.56 Å². The maximum atomic E-state index is 5.89. The minimum atomic E-state index is 0.332. The number of nitrogens with two attached hydrogens (primary N) is 1. The normalized spacial score (nSPS) is 13.1. The Hall–Kier alpha value is -1.02. The summed E-state index contributed by atoms with van der Waals surface area (Å²) in [7, 11) is 0. The Balaban J connectivity index is 2.60. The van der Waals surface area contributed by atoms with Gasteiger partial charge in [0.15, 0.2) is 0 Å². The van der Waals surface area contributed by atoms with Crippen molar-refractivity contribution in [3.05, 3.63) is 29.8 Å². The van der Waals surface area contributed by atoms with E-state index < -0.39 is 0 Å². The highest BCUT2D eigenvalue weighted by Gasteiger charge is 2.07. The van der Waals surface area contributed by atoms with Crippen LogP contribution in [0.1, 0.15) is 32.4 Å². The van der Waals surface area contributed by atoms with Crippen molar-refractivity contribution in [2.75, 3.05) is 12.3 Å². The molecule has 78 valence electrons. The summed E-state index contributed by atoms with van der Waals surface area (Å²) in [6.45, 7) is 7.58. The van der Waals surface area contributed by atoms with Crippen LogP contribution in [0.15, 0.2) is 24.3 Å². The minimum Gasteiger partial charge on any atom is -0.398 e. The summed E-state index contributed by atoms with van der Waals surface area (Å²) in [4.78, 5) is 0. The smallest absolute Gasteiger partial charge is 0.0362 e. The first-order chi connectivity index (χ1) is 6.61. The van der Waals surface area contributed by atoms with Gasteiger partial charge in [0.25, 0.3) is 0 Å². The van der Waals surface area contributed by atoms with Gasteiger partial charge in [-0.25, -0.2) is 0 Å². The first-order valence-electron chi connectivity index (χ1n) is 5.19. The van der Waals surface area contributed by atoms with E-state index in [0.29, 0.717) is 12.0 Å². The SMILES string of the molecule is CC(C)CN[C@H](C)c1ccccc1N. The van der Waals surface area contributed by atoms with Crippen LogP contribution in [0.3, 0.4) is 0 Å². The summed E-state index contributed by atoms with van der Waals surface area (Å²) in [6.07, 6.45) is 0. The van der Waals surface area contributed by atoms with E-state index in [1.807, 2.05) is 18.2 Å². The molecule has 0 radical (unpaired) electrons. The van der Waals surface area contributed by atoms with Crippen molar-refractivity contribution in [1.29, 1.82) is 0 Å². The average molecular weight is 192 g/mol.